The molecule has 2 aromatic rings. The smallest absolute Gasteiger partial charge is 0.441 e. The predicted molar refractivity (Wildman–Crippen MR) is 86.0 cm³/mol. The summed E-state index contributed by atoms with van der Waals surface area (Å²) in [6.45, 7) is 1.76. The number of ether oxygens (including phenoxy) is 2. The van der Waals surface area contributed by atoms with Crippen LogP contribution in [0.3, 0.4) is 0 Å². The topological polar surface area (TPSA) is 107 Å². The molecule has 2 rings (SSSR count). The third-order valence-electron chi connectivity index (χ3n) is 2.89. The summed E-state index contributed by atoms with van der Waals surface area (Å²) in [4.78, 5) is 42.0. The van der Waals surface area contributed by atoms with Gasteiger partial charge in [0.15, 0.2) is 5.69 Å². The van der Waals surface area contributed by atoms with Crippen LogP contribution in [-0.4, -0.2) is 36.6 Å². The number of anilines is 1. The molecule has 1 heterocycles. The monoisotopic (exact) mass is 374 g/mol. The van der Waals surface area contributed by atoms with Crippen molar-refractivity contribution in [1.82, 2.24) is 4.98 Å². The minimum Gasteiger partial charge on any atom is -0.461 e. The minimum atomic E-state index is -1.30. The zero-order chi connectivity index (χ0) is 17.9. The van der Waals surface area contributed by atoms with Gasteiger partial charge in [0.05, 0.1) is 24.3 Å². The highest BCUT2D eigenvalue weighted by Crippen LogP contribution is 2.36. The molecule has 0 aliphatic heterocycles. The van der Waals surface area contributed by atoms with Crippen LogP contribution in [-0.2, 0) is 23.9 Å². The number of hydrogen-bond donors (Lipinski definition) is 2. The maximum absolute atomic E-state index is 12.1. The molecule has 0 aliphatic rings. The van der Waals surface area contributed by atoms with Gasteiger partial charge in [-0.3, -0.25) is 0 Å². The van der Waals surface area contributed by atoms with Gasteiger partial charge in [-0.15, -0.1) is 0 Å². The summed E-state index contributed by atoms with van der Waals surface area (Å²) in [5.41, 5.74) is 2.63. The van der Waals surface area contributed by atoms with Crippen LogP contribution in [0.4, 0.5) is 5.69 Å². The second-order valence-electron chi connectivity index (χ2n) is 4.39. The Morgan fingerprint density at radius 3 is 2.54 bits per heavy atom. The summed E-state index contributed by atoms with van der Waals surface area (Å²) < 4.78 is 9.15. The van der Waals surface area contributed by atoms with E-state index in [4.69, 9.17) is 27.9 Å². The summed E-state index contributed by atoms with van der Waals surface area (Å²) in [5, 5.41) is 0.866. The molecule has 10 heteroatoms. The van der Waals surface area contributed by atoms with Gasteiger partial charge >= 0.3 is 17.9 Å². The van der Waals surface area contributed by atoms with Crippen LogP contribution in [0.2, 0.25) is 10.0 Å². The molecule has 0 saturated heterocycles. The summed E-state index contributed by atoms with van der Waals surface area (Å²) in [5.74, 6) is -3.22. The third kappa shape index (κ3) is 3.55. The number of hydrogen-bond acceptors (Lipinski definition) is 7. The first-order chi connectivity index (χ1) is 11.4. The van der Waals surface area contributed by atoms with Crippen LogP contribution >= 0.6 is 23.2 Å². The lowest BCUT2D eigenvalue weighted by molar-refractivity contribution is -0.164. The number of benzene rings is 1. The Morgan fingerprint density at radius 2 is 1.92 bits per heavy atom. The van der Waals surface area contributed by atoms with E-state index in [1.165, 1.54) is 12.1 Å². The molecule has 0 atom stereocenters. The summed E-state index contributed by atoms with van der Waals surface area (Å²) in [7, 11) is 1.03. The van der Waals surface area contributed by atoms with E-state index in [0.717, 1.165) is 7.11 Å². The molecule has 0 saturated carbocycles. The van der Waals surface area contributed by atoms with Crippen molar-refractivity contribution in [3.05, 3.63) is 27.9 Å². The van der Waals surface area contributed by atoms with Crippen LogP contribution in [0.5, 0.6) is 0 Å². The Hall–Kier alpha value is -2.45. The molecule has 0 aliphatic carbocycles. The van der Waals surface area contributed by atoms with Gasteiger partial charge in [0.1, 0.15) is 5.69 Å². The molecule has 8 nitrogen and oxygen atoms in total. The molecule has 0 fully saturated rings. The van der Waals surface area contributed by atoms with Crippen LogP contribution in [0.25, 0.3) is 10.9 Å². The molecule has 0 unspecified atom stereocenters. The molecule has 2 N–H and O–H groups in total. The van der Waals surface area contributed by atoms with E-state index in [9.17, 15) is 14.4 Å². The van der Waals surface area contributed by atoms with Gasteiger partial charge in [0.2, 0.25) is 0 Å². The van der Waals surface area contributed by atoms with Gasteiger partial charge in [0, 0.05) is 10.4 Å². The number of methoxy groups -OCH3 is 1. The molecule has 1 aromatic carbocycles. The van der Waals surface area contributed by atoms with E-state index in [-0.39, 0.29) is 23.0 Å². The van der Waals surface area contributed by atoms with Gasteiger partial charge < -0.3 is 19.3 Å². The lowest BCUT2D eigenvalue weighted by Gasteiger charge is -2.08. The van der Waals surface area contributed by atoms with Crippen molar-refractivity contribution in [3.63, 3.8) is 0 Å². The minimum absolute atomic E-state index is 0.0300. The average Bonchev–Trinajstić information content (AvgIpc) is 2.90. The van der Waals surface area contributed by atoms with Crippen molar-refractivity contribution in [2.45, 2.75) is 6.92 Å². The third-order valence-corrected chi connectivity index (χ3v) is 3.41. The standard InChI is InChI=1S/C14H12Cl2N2O6/c1-3-23-12(19)11-10(18-24-14(21)13(20)22-2)9-7(16)4-6(15)5-8(9)17-11/h4-5,17-18H,3H2,1-2H3. The second kappa shape index (κ2) is 7.41. The number of nitrogens with one attached hydrogen (secondary N) is 2. The molecule has 0 radical (unpaired) electrons. The normalized spacial score (nSPS) is 10.3. The summed E-state index contributed by atoms with van der Waals surface area (Å²) >= 11 is 12.1. The highest BCUT2D eigenvalue weighted by molar-refractivity contribution is 6.40. The number of esters is 2. The van der Waals surface area contributed by atoms with Crippen LogP contribution in [0.15, 0.2) is 12.1 Å². The van der Waals surface area contributed by atoms with E-state index in [1.807, 2.05) is 0 Å². The molecular weight excluding hydrogens is 363 g/mol. The number of aromatic nitrogens is 1. The predicted octanol–water partition coefficient (Wildman–Crippen LogP) is 2.69. The Morgan fingerprint density at radius 1 is 1.21 bits per heavy atom. The molecule has 128 valence electrons. The fraction of sp³-hybridized carbons (Fsp3) is 0.214. The molecule has 24 heavy (non-hydrogen) atoms. The highest BCUT2D eigenvalue weighted by atomic mass is 35.5. The Kier molecular flexibility index (Phi) is 5.53. The average molecular weight is 375 g/mol. The van der Waals surface area contributed by atoms with E-state index < -0.39 is 17.9 Å². The fourth-order valence-electron chi connectivity index (χ4n) is 1.93. The lowest BCUT2D eigenvalue weighted by atomic mass is 10.2. The van der Waals surface area contributed by atoms with Crippen molar-refractivity contribution < 1.29 is 28.7 Å². The first-order valence-electron chi connectivity index (χ1n) is 6.62. The zero-order valence-corrected chi connectivity index (χ0v) is 14.1. The number of carbonyl (C=O) groups is 3. The maximum atomic E-state index is 12.1. The summed E-state index contributed by atoms with van der Waals surface area (Å²) in [6.07, 6.45) is 0. The van der Waals surface area contributed by atoms with E-state index in [2.05, 4.69) is 20.0 Å². The van der Waals surface area contributed by atoms with Crippen molar-refractivity contribution >= 4 is 57.7 Å². The Balaban J connectivity index is 2.47. The maximum Gasteiger partial charge on any atom is 0.441 e. The number of fused-ring (bicyclic) bond motifs is 1. The van der Waals surface area contributed by atoms with Gasteiger partial charge in [-0.05, 0) is 19.1 Å². The molecule has 0 bridgehead atoms. The SMILES string of the molecule is CCOC(=O)c1[nH]c2cc(Cl)cc(Cl)c2c1NOC(=O)C(=O)OC. The number of carbonyl (C=O) groups excluding carboxylic acids is 3. The Bertz CT molecular complexity index is 817. The number of aromatic amines is 1. The second-order valence-corrected chi connectivity index (χ2v) is 5.23. The van der Waals surface area contributed by atoms with Gasteiger partial charge in [0.25, 0.3) is 0 Å². The van der Waals surface area contributed by atoms with Crippen LogP contribution in [0.1, 0.15) is 17.4 Å². The fourth-order valence-corrected chi connectivity index (χ4v) is 2.52. The molecular formula is C14H12Cl2N2O6. The van der Waals surface area contributed by atoms with Crippen molar-refractivity contribution in [1.29, 1.82) is 0 Å². The summed E-state index contributed by atoms with van der Waals surface area (Å²) in [6, 6.07) is 2.97. The van der Waals surface area contributed by atoms with Crippen molar-refractivity contribution in [2.24, 2.45) is 0 Å². The lowest BCUT2D eigenvalue weighted by Crippen LogP contribution is -2.22. The Labute approximate surface area is 145 Å². The molecule has 0 spiro atoms. The van der Waals surface area contributed by atoms with E-state index in [0.29, 0.717) is 15.9 Å². The molecule has 0 amide bonds. The van der Waals surface area contributed by atoms with Crippen molar-refractivity contribution in [3.8, 4) is 0 Å². The van der Waals surface area contributed by atoms with E-state index in [1.54, 1.807) is 6.92 Å². The quantitative estimate of drug-likeness (QED) is 0.366. The molecule has 1 aromatic heterocycles. The highest BCUT2D eigenvalue weighted by Gasteiger charge is 2.24. The first kappa shape index (κ1) is 17.9. The number of rotatable bonds is 4. The zero-order valence-electron chi connectivity index (χ0n) is 12.6. The van der Waals surface area contributed by atoms with Gasteiger partial charge in [-0.2, -0.15) is 0 Å². The number of H-pyrrole nitrogens is 1. The van der Waals surface area contributed by atoms with Gasteiger partial charge in [-0.1, -0.05) is 23.2 Å². The van der Waals surface area contributed by atoms with Gasteiger partial charge in [-0.25, -0.2) is 19.9 Å². The van der Waals surface area contributed by atoms with Crippen LogP contribution < -0.4 is 5.48 Å². The van der Waals surface area contributed by atoms with Crippen molar-refractivity contribution in [2.75, 3.05) is 19.2 Å². The van der Waals surface area contributed by atoms with Crippen LogP contribution in [0, 0.1) is 0 Å². The number of halogens is 2. The first-order valence-corrected chi connectivity index (χ1v) is 7.37. The largest absolute Gasteiger partial charge is 0.461 e. The van der Waals surface area contributed by atoms with E-state index >= 15 is 0 Å².